The first kappa shape index (κ1) is 22.9. The molecule has 1 fully saturated rings. The number of piperidine rings is 1. The quantitative estimate of drug-likeness (QED) is 0.750. The number of nitrogens with one attached hydrogen (secondary N) is 1. The van der Waals surface area contributed by atoms with Crippen molar-refractivity contribution < 1.29 is 14.3 Å². The zero-order valence-electron chi connectivity index (χ0n) is 18.4. The SMILES string of the molecule is CC(C)N(CC1CCCN(C(=O)CCNc2ncccn2)C1)C(=O)OC(C)(C)C. The lowest BCUT2D eigenvalue weighted by Crippen LogP contribution is -2.48. The van der Waals surface area contributed by atoms with E-state index in [0.717, 1.165) is 19.4 Å². The summed E-state index contributed by atoms with van der Waals surface area (Å²) in [7, 11) is 0. The third-order valence-corrected chi connectivity index (χ3v) is 4.77. The van der Waals surface area contributed by atoms with Gasteiger partial charge in [-0.05, 0) is 59.4 Å². The molecular formula is C21H35N5O3. The summed E-state index contributed by atoms with van der Waals surface area (Å²) in [5.74, 6) is 0.904. The molecule has 0 bridgehead atoms. The fourth-order valence-corrected chi connectivity index (χ4v) is 3.37. The van der Waals surface area contributed by atoms with Gasteiger partial charge in [-0.15, -0.1) is 0 Å². The summed E-state index contributed by atoms with van der Waals surface area (Å²) in [5, 5.41) is 3.07. The first-order valence-electron chi connectivity index (χ1n) is 10.4. The van der Waals surface area contributed by atoms with Crippen molar-refractivity contribution in [2.45, 2.75) is 65.5 Å². The van der Waals surface area contributed by atoms with Gasteiger partial charge in [0.2, 0.25) is 11.9 Å². The molecule has 1 aromatic rings. The van der Waals surface area contributed by atoms with Crippen molar-refractivity contribution in [3.05, 3.63) is 18.5 Å². The number of hydrogen-bond acceptors (Lipinski definition) is 6. The topological polar surface area (TPSA) is 87.7 Å². The molecule has 0 saturated carbocycles. The van der Waals surface area contributed by atoms with Gasteiger partial charge in [0.05, 0.1) is 0 Å². The van der Waals surface area contributed by atoms with Gasteiger partial charge >= 0.3 is 6.09 Å². The second-order valence-electron chi connectivity index (χ2n) is 8.82. The van der Waals surface area contributed by atoms with E-state index in [1.54, 1.807) is 23.4 Å². The third kappa shape index (κ3) is 7.87. The van der Waals surface area contributed by atoms with Gasteiger partial charge in [0.1, 0.15) is 5.60 Å². The second kappa shape index (κ2) is 10.4. The second-order valence-corrected chi connectivity index (χ2v) is 8.82. The fraction of sp³-hybridized carbons (Fsp3) is 0.714. The van der Waals surface area contributed by atoms with Gasteiger partial charge in [0.25, 0.3) is 0 Å². The van der Waals surface area contributed by atoms with E-state index in [1.165, 1.54) is 0 Å². The van der Waals surface area contributed by atoms with Crippen molar-refractivity contribution in [3.63, 3.8) is 0 Å². The molecule has 0 aromatic carbocycles. The minimum Gasteiger partial charge on any atom is -0.444 e. The van der Waals surface area contributed by atoms with Gasteiger partial charge in [-0.25, -0.2) is 14.8 Å². The van der Waals surface area contributed by atoms with Crippen LogP contribution in [0.25, 0.3) is 0 Å². The molecule has 2 amide bonds. The molecule has 8 heteroatoms. The summed E-state index contributed by atoms with van der Waals surface area (Å²) in [5.41, 5.74) is -0.520. The molecule has 0 radical (unpaired) electrons. The van der Waals surface area contributed by atoms with Gasteiger partial charge in [0.15, 0.2) is 0 Å². The Bertz CT molecular complexity index is 660. The predicted molar refractivity (Wildman–Crippen MR) is 113 cm³/mol. The van der Waals surface area contributed by atoms with E-state index in [-0.39, 0.29) is 24.0 Å². The summed E-state index contributed by atoms with van der Waals surface area (Å²) >= 11 is 0. The van der Waals surface area contributed by atoms with E-state index >= 15 is 0 Å². The largest absolute Gasteiger partial charge is 0.444 e. The Morgan fingerprint density at radius 3 is 2.62 bits per heavy atom. The minimum absolute atomic E-state index is 0.0472. The number of likely N-dealkylation sites (tertiary alicyclic amines) is 1. The Morgan fingerprint density at radius 2 is 2.00 bits per heavy atom. The summed E-state index contributed by atoms with van der Waals surface area (Å²) in [6, 6.07) is 1.80. The fourth-order valence-electron chi connectivity index (χ4n) is 3.37. The maximum Gasteiger partial charge on any atom is 0.410 e. The van der Waals surface area contributed by atoms with E-state index in [9.17, 15) is 9.59 Å². The van der Waals surface area contributed by atoms with Crippen LogP contribution in [0.2, 0.25) is 0 Å². The first-order chi connectivity index (χ1) is 13.7. The van der Waals surface area contributed by atoms with Crippen molar-refractivity contribution in [2.75, 3.05) is 31.5 Å². The van der Waals surface area contributed by atoms with Crippen LogP contribution in [0.3, 0.4) is 0 Å². The standard InChI is InChI=1S/C21H35N5O3/c1-16(2)26(20(28)29-21(3,4)5)15-17-8-6-13-25(14-17)18(27)9-12-24-19-22-10-7-11-23-19/h7,10-11,16-17H,6,8-9,12-15H2,1-5H3,(H,22,23,24). The van der Waals surface area contributed by atoms with Crippen molar-refractivity contribution >= 4 is 17.9 Å². The molecule has 0 aliphatic carbocycles. The zero-order chi connectivity index (χ0) is 21.4. The molecular weight excluding hydrogens is 370 g/mol. The Morgan fingerprint density at radius 1 is 1.31 bits per heavy atom. The molecule has 1 aliphatic rings. The van der Waals surface area contributed by atoms with Crippen LogP contribution in [0, 0.1) is 5.92 Å². The number of amides is 2. The molecule has 162 valence electrons. The summed E-state index contributed by atoms with van der Waals surface area (Å²) in [4.78, 5) is 37.1. The Labute approximate surface area is 174 Å². The highest BCUT2D eigenvalue weighted by molar-refractivity contribution is 5.76. The van der Waals surface area contributed by atoms with E-state index in [4.69, 9.17) is 4.74 Å². The molecule has 1 atom stereocenters. The highest BCUT2D eigenvalue weighted by Gasteiger charge is 2.30. The molecule has 1 unspecified atom stereocenters. The van der Waals surface area contributed by atoms with E-state index < -0.39 is 5.60 Å². The van der Waals surface area contributed by atoms with Gasteiger partial charge < -0.3 is 19.9 Å². The van der Waals surface area contributed by atoms with Gasteiger partial charge in [-0.2, -0.15) is 0 Å². The van der Waals surface area contributed by atoms with Crippen LogP contribution in [-0.2, 0) is 9.53 Å². The van der Waals surface area contributed by atoms with Crippen molar-refractivity contribution in [3.8, 4) is 0 Å². The summed E-state index contributed by atoms with van der Waals surface area (Å²) in [6.45, 7) is 12.2. The Kier molecular flexibility index (Phi) is 8.22. The molecule has 1 aromatic heterocycles. The van der Waals surface area contributed by atoms with Gasteiger partial charge in [-0.1, -0.05) is 0 Å². The highest BCUT2D eigenvalue weighted by atomic mass is 16.6. The molecule has 1 saturated heterocycles. The number of nitrogens with zero attached hydrogens (tertiary/aromatic N) is 4. The Hall–Kier alpha value is -2.38. The van der Waals surface area contributed by atoms with E-state index in [0.29, 0.717) is 32.0 Å². The molecule has 8 nitrogen and oxygen atoms in total. The molecule has 1 N–H and O–H groups in total. The number of aromatic nitrogens is 2. The smallest absolute Gasteiger partial charge is 0.410 e. The third-order valence-electron chi connectivity index (χ3n) is 4.77. The number of carbonyl (C=O) groups is 2. The van der Waals surface area contributed by atoms with Crippen molar-refractivity contribution in [2.24, 2.45) is 5.92 Å². The maximum absolute atomic E-state index is 12.6. The first-order valence-corrected chi connectivity index (χ1v) is 10.4. The van der Waals surface area contributed by atoms with E-state index in [2.05, 4.69) is 15.3 Å². The highest BCUT2D eigenvalue weighted by Crippen LogP contribution is 2.21. The Balaban J connectivity index is 1.84. The monoisotopic (exact) mass is 405 g/mol. The number of rotatable bonds is 7. The predicted octanol–water partition coefficient (Wildman–Crippen LogP) is 3.16. The van der Waals surface area contributed by atoms with Crippen LogP contribution in [0.1, 0.15) is 53.9 Å². The summed E-state index contributed by atoms with van der Waals surface area (Å²) < 4.78 is 5.56. The molecule has 2 heterocycles. The summed E-state index contributed by atoms with van der Waals surface area (Å²) in [6.07, 6.45) is 5.39. The molecule has 1 aliphatic heterocycles. The average molecular weight is 406 g/mol. The number of ether oxygens (including phenoxy) is 1. The van der Waals surface area contributed by atoms with Crippen LogP contribution in [0.4, 0.5) is 10.7 Å². The van der Waals surface area contributed by atoms with Crippen LogP contribution in [0.5, 0.6) is 0 Å². The number of carbonyl (C=O) groups excluding carboxylic acids is 2. The molecule has 2 rings (SSSR count). The van der Waals surface area contributed by atoms with Crippen LogP contribution < -0.4 is 5.32 Å². The van der Waals surface area contributed by atoms with Gasteiger partial charge in [0, 0.05) is 51.0 Å². The molecule has 0 spiro atoms. The number of anilines is 1. The van der Waals surface area contributed by atoms with E-state index in [1.807, 2.05) is 39.5 Å². The molecule has 29 heavy (non-hydrogen) atoms. The maximum atomic E-state index is 12.6. The van der Waals surface area contributed by atoms with Crippen LogP contribution >= 0.6 is 0 Å². The normalized spacial score (nSPS) is 17.2. The lowest BCUT2D eigenvalue weighted by molar-refractivity contribution is -0.132. The lowest BCUT2D eigenvalue weighted by Gasteiger charge is -2.37. The zero-order valence-corrected chi connectivity index (χ0v) is 18.4. The van der Waals surface area contributed by atoms with Crippen molar-refractivity contribution in [1.29, 1.82) is 0 Å². The van der Waals surface area contributed by atoms with Gasteiger partial charge in [-0.3, -0.25) is 4.79 Å². The average Bonchev–Trinajstić information content (AvgIpc) is 2.65. The number of hydrogen-bond donors (Lipinski definition) is 1. The van der Waals surface area contributed by atoms with Crippen LogP contribution in [-0.4, -0.2) is 69.6 Å². The van der Waals surface area contributed by atoms with Crippen molar-refractivity contribution in [1.82, 2.24) is 19.8 Å². The lowest BCUT2D eigenvalue weighted by atomic mass is 9.96. The van der Waals surface area contributed by atoms with Crippen LogP contribution in [0.15, 0.2) is 18.5 Å². The minimum atomic E-state index is -0.520.